The van der Waals surface area contributed by atoms with Crippen molar-refractivity contribution >= 4 is 0 Å². The van der Waals surface area contributed by atoms with Crippen molar-refractivity contribution in [3.63, 3.8) is 0 Å². The summed E-state index contributed by atoms with van der Waals surface area (Å²) in [6.07, 6.45) is 0.935. The van der Waals surface area contributed by atoms with E-state index in [-0.39, 0.29) is 6.42 Å². The summed E-state index contributed by atoms with van der Waals surface area (Å²) in [5.74, 6) is -0.663. The van der Waals surface area contributed by atoms with Gasteiger partial charge in [-0.2, -0.15) is 5.26 Å². The molecule has 18 heavy (non-hydrogen) atoms. The Bertz CT molecular complexity index is 313. The fourth-order valence-electron chi connectivity index (χ4n) is 3.48. The Labute approximate surface area is 107 Å². The van der Waals surface area contributed by atoms with E-state index < -0.39 is 17.9 Å². The third-order valence-electron chi connectivity index (χ3n) is 4.40. The van der Waals surface area contributed by atoms with Crippen molar-refractivity contribution in [2.24, 2.45) is 5.92 Å². The standard InChI is InChI=1S/C13H20F2N2O/c14-12(15)11-3-1-2-4-13(11,5-6-16)17-7-9-18-10-8-17/h11-12H,1-5,7-10H2. The van der Waals surface area contributed by atoms with Crippen LogP contribution in [0.2, 0.25) is 0 Å². The van der Waals surface area contributed by atoms with Gasteiger partial charge in [-0.25, -0.2) is 8.78 Å². The molecule has 2 atom stereocenters. The van der Waals surface area contributed by atoms with Crippen LogP contribution in [-0.4, -0.2) is 43.2 Å². The van der Waals surface area contributed by atoms with E-state index in [4.69, 9.17) is 10.00 Å². The summed E-state index contributed by atoms with van der Waals surface area (Å²) < 4.78 is 32.0. The molecule has 1 aliphatic heterocycles. The van der Waals surface area contributed by atoms with Gasteiger partial charge in [0.25, 0.3) is 0 Å². The maximum atomic E-state index is 13.3. The molecule has 2 fully saturated rings. The van der Waals surface area contributed by atoms with Gasteiger partial charge in [0.15, 0.2) is 0 Å². The first-order chi connectivity index (χ1) is 8.70. The van der Waals surface area contributed by atoms with Crippen LogP contribution >= 0.6 is 0 Å². The molecule has 0 amide bonds. The summed E-state index contributed by atoms with van der Waals surface area (Å²) in [4.78, 5) is 2.09. The third-order valence-corrected chi connectivity index (χ3v) is 4.40. The van der Waals surface area contributed by atoms with Gasteiger partial charge >= 0.3 is 0 Å². The zero-order valence-corrected chi connectivity index (χ0v) is 10.6. The maximum Gasteiger partial charge on any atom is 0.243 e. The highest BCUT2D eigenvalue weighted by molar-refractivity contribution is 5.05. The van der Waals surface area contributed by atoms with Crippen LogP contribution in [0.25, 0.3) is 0 Å². The Morgan fingerprint density at radius 1 is 1.33 bits per heavy atom. The number of morpholine rings is 1. The number of halogens is 2. The molecule has 0 radical (unpaired) electrons. The van der Waals surface area contributed by atoms with Crippen LogP contribution < -0.4 is 0 Å². The van der Waals surface area contributed by atoms with Gasteiger partial charge in [-0.05, 0) is 12.8 Å². The van der Waals surface area contributed by atoms with Gasteiger partial charge in [-0.3, -0.25) is 4.90 Å². The van der Waals surface area contributed by atoms with Crippen LogP contribution in [0.15, 0.2) is 0 Å². The Morgan fingerprint density at radius 3 is 2.67 bits per heavy atom. The normalized spacial score (nSPS) is 34.4. The molecule has 0 N–H and O–H groups in total. The molecule has 3 nitrogen and oxygen atoms in total. The van der Waals surface area contributed by atoms with Gasteiger partial charge in [0.2, 0.25) is 6.43 Å². The topological polar surface area (TPSA) is 36.3 Å². The second-order valence-corrected chi connectivity index (χ2v) is 5.22. The SMILES string of the molecule is N#CCC1(N2CCOCC2)CCCCC1C(F)F. The lowest BCUT2D eigenvalue weighted by molar-refractivity contribution is -0.101. The molecule has 0 aromatic carbocycles. The number of alkyl halides is 2. The van der Waals surface area contributed by atoms with Gasteiger partial charge < -0.3 is 4.74 Å². The Morgan fingerprint density at radius 2 is 2.06 bits per heavy atom. The van der Waals surface area contributed by atoms with Gasteiger partial charge in [-0.1, -0.05) is 12.8 Å². The molecule has 2 rings (SSSR count). The summed E-state index contributed by atoms with van der Waals surface area (Å²) in [7, 11) is 0. The smallest absolute Gasteiger partial charge is 0.243 e. The van der Waals surface area contributed by atoms with E-state index in [1.165, 1.54) is 0 Å². The quantitative estimate of drug-likeness (QED) is 0.780. The van der Waals surface area contributed by atoms with Crippen molar-refractivity contribution < 1.29 is 13.5 Å². The summed E-state index contributed by atoms with van der Waals surface area (Å²) >= 11 is 0. The van der Waals surface area contributed by atoms with E-state index in [2.05, 4.69) is 11.0 Å². The van der Waals surface area contributed by atoms with E-state index >= 15 is 0 Å². The van der Waals surface area contributed by atoms with Crippen molar-refractivity contribution in [3.05, 3.63) is 0 Å². The molecule has 102 valence electrons. The minimum Gasteiger partial charge on any atom is -0.379 e. The van der Waals surface area contributed by atoms with Gasteiger partial charge in [0, 0.05) is 24.5 Å². The predicted molar refractivity (Wildman–Crippen MR) is 63.3 cm³/mol. The summed E-state index contributed by atoms with van der Waals surface area (Å²) in [5.41, 5.74) is -0.620. The average Bonchev–Trinajstić information content (AvgIpc) is 2.40. The van der Waals surface area contributed by atoms with E-state index in [9.17, 15) is 8.78 Å². The fraction of sp³-hybridized carbons (Fsp3) is 0.923. The molecule has 2 unspecified atom stereocenters. The number of ether oxygens (including phenoxy) is 1. The van der Waals surface area contributed by atoms with Crippen LogP contribution in [0.4, 0.5) is 8.78 Å². The van der Waals surface area contributed by atoms with Crippen molar-refractivity contribution in [2.75, 3.05) is 26.3 Å². The zero-order chi connectivity index (χ0) is 13.0. The van der Waals surface area contributed by atoms with Crippen LogP contribution in [0.3, 0.4) is 0 Å². The highest BCUT2D eigenvalue weighted by atomic mass is 19.3. The minimum absolute atomic E-state index is 0.210. The molecule has 1 saturated carbocycles. The first-order valence-corrected chi connectivity index (χ1v) is 6.68. The second-order valence-electron chi connectivity index (χ2n) is 5.22. The van der Waals surface area contributed by atoms with Crippen molar-refractivity contribution in [1.82, 2.24) is 4.90 Å². The lowest BCUT2D eigenvalue weighted by Gasteiger charge is -2.51. The molecule has 0 aromatic heterocycles. The van der Waals surface area contributed by atoms with Gasteiger partial charge in [0.05, 0.1) is 25.7 Å². The molecular weight excluding hydrogens is 238 g/mol. The summed E-state index contributed by atoms with van der Waals surface area (Å²) in [6, 6.07) is 2.14. The van der Waals surface area contributed by atoms with E-state index in [0.29, 0.717) is 32.7 Å². The Hall–Kier alpha value is -0.730. The average molecular weight is 258 g/mol. The van der Waals surface area contributed by atoms with Gasteiger partial charge in [0.1, 0.15) is 0 Å². The fourth-order valence-corrected chi connectivity index (χ4v) is 3.48. The molecule has 0 bridgehead atoms. The second kappa shape index (κ2) is 5.94. The molecule has 5 heteroatoms. The van der Waals surface area contributed by atoms with Crippen molar-refractivity contribution in [3.8, 4) is 6.07 Å². The first kappa shape index (κ1) is 13.7. The number of nitrogens with zero attached hydrogens (tertiary/aromatic N) is 2. The minimum atomic E-state index is -2.33. The molecule has 2 aliphatic rings. The largest absolute Gasteiger partial charge is 0.379 e. The maximum absolute atomic E-state index is 13.3. The molecule has 1 heterocycles. The zero-order valence-electron chi connectivity index (χ0n) is 10.6. The molecule has 1 aliphatic carbocycles. The highest BCUT2D eigenvalue weighted by Gasteiger charge is 2.49. The van der Waals surface area contributed by atoms with E-state index in [1.807, 2.05) is 0 Å². The van der Waals surface area contributed by atoms with Crippen LogP contribution in [0.5, 0.6) is 0 Å². The first-order valence-electron chi connectivity index (χ1n) is 6.68. The summed E-state index contributed by atoms with van der Waals surface area (Å²) in [6.45, 7) is 2.52. The van der Waals surface area contributed by atoms with Crippen LogP contribution in [0, 0.1) is 17.2 Å². The highest BCUT2D eigenvalue weighted by Crippen LogP contribution is 2.44. The lowest BCUT2D eigenvalue weighted by Crippen LogP contribution is -2.60. The predicted octanol–water partition coefficient (Wildman–Crippen LogP) is 2.43. The number of hydrogen-bond acceptors (Lipinski definition) is 3. The van der Waals surface area contributed by atoms with E-state index in [0.717, 1.165) is 19.3 Å². The van der Waals surface area contributed by atoms with Crippen LogP contribution in [0.1, 0.15) is 32.1 Å². The number of nitriles is 1. The number of hydrogen-bond donors (Lipinski definition) is 0. The van der Waals surface area contributed by atoms with Crippen LogP contribution in [-0.2, 0) is 4.74 Å². The van der Waals surface area contributed by atoms with Crippen molar-refractivity contribution in [1.29, 1.82) is 5.26 Å². The number of rotatable bonds is 3. The lowest BCUT2D eigenvalue weighted by atomic mass is 9.69. The Kier molecular flexibility index (Phi) is 4.52. The molecule has 0 spiro atoms. The third kappa shape index (κ3) is 2.50. The monoisotopic (exact) mass is 258 g/mol. The van der Waals surface area contributed by atoms with E-state index in [1.54, 1.807) is 0 Å². The summed E-state index contributed by atoms with van der Waals surface area (Å²) in [5, 5.41) is 9.06. The van der Waals surface area contributed by atoms with Crippen molar-refractivity contribution in [2.45, 2.75) is 44.1 Å². The molecular formula is C13H20F2N2O. The van der Waals surface area contributed by atoms with Gasteiger partial charge in [-0.15, -0.1) is 0 Å². The molecule has 1 saturated heterocycles. The molecule has 0 aromatic rings. The Balaban J connectivity index is 2.24.